The van der Waals surface area contributed by atoms with Crippen LogP contribution in [0.3, 0.4) is 0 Å². The molecule has 0 aliphatic carbocycles. The summed E-state index contributed by atoms with van der Waals surface area (Å²) >= 11 is 0. The third kappa shape index (κ3) is 4.37. The third-order valence-corrected chi connectivity index (χ3v) is 5.99. The summed E-state index contributed by atoms with van der Waals surface area (Å²) in [5, 5.41) is 3.12. The first kappa shape index (κ1) is 19.4. The summed E-state index contributed by atoms with van der Waals surface area (Å²) in [5.41, 5.74) is 1.41. The predicted molar refractivity (Wildman–Crippen MR) is 105 cm³/mol. The maximum atomic E-state index is 12.8. The van der Waals surface area contributed by atoms with Crippen LogP contribution in [0.25, 0.3) is 0 Å². The lowest BCUT2D eigenvalue weighted by Crippen LogP contribution is -2.52. The highest BCUT2D eigenvalue weighted by Crippen LogP contribution is 2.23. The molecule has 0 aromatic heterocycles. The van der Waals surface area contributed by atoms with Crippen LogP contribution in [-0.4, -0.2) is 75.4 Å². The van der Waals surface area contributed by atoms with Crippen molar-refractivity contribution >= 4 is 17.5 Å². The Labute approximate surface area is 166 Å². The van der Waals surface area contributed by atoms with Gasteiger partial charge in [0.15, 0.2) is 0 Å². The molecule has 3 heterocycles. The molecule has 152 valence electrons. The first-order chi connectivity index (χ1) is 13.7. The van der Waals surface area contributed by atoms with Crippen molar-refractivity contribution in [3.8, 4) is 0 Å². The number of hydrogen-bond donors (Lipinski definition) is 1. The summed E-state index contributed by atoms with van der Waals surface area (Å²) in [5.74, 6) is 0.476. The molecule has 3 saturated heterocycles. The van der Waals surface area contributed by atoms with Gasteiger partial charge in [0, 0.05) is 62.4 Å². The lowest BCUT2D eigenvalue weighted by molar-refractivity contribution is -0.117. The zero-order valence-electron chi connectivity index (χ0n) is 16.3. The fraction of sp³-hybridized carbons (Fsp3) is 0.619. The number of nitrogens with zero attached hydrogens (tertiary/aromatic N) is 2. The molecule has 0 bridgehead atoms. The predicted octanol–water partition coefficient (Wildman–Crippen LogP) is 1.28. The van der Waals surface area contributed by atoms with Gasteiger partial charge in [-0.3, -0.25) is 14.5 Å². The van der Waals surface area contributed by atoms with Gasteiger partial charge in [-0.25, -0.2) is 0 Å². The highest BCUT2D eigenvalue weighted by atomic mass is 16.5. The van der Waals surface area contributed by atoms with Crippen LogP contribution >= 0.6 is 0 Å². The van der Waals surface area contributed by atoms with Crippen LogP contribution < -0.4 is 10.2 Å². The van der Waals surface area contributed by atoms with E-state index < -0.39 is 0 Å². The second-order valence-electron chi connectivity index (χ2n) is 7.75. The van der Waals surface area contributed by atoms with Crippen molar-refractivity contribution in [3.05, 3.63) is 29.8 Å². The van der Waals surface area contributed by atoms with Gasteiger partial charge in [-0.05, 0) is 31.0 Å². The minimum Gasteiger partial charge on any atom is -0.381 e. The summed E-state index contributed by atoms with van der Waals surface area (Å²) in [4.78, 5) is 29.0. The zero-order valence-corrected chi connectivity index (χ0v) is 16.3. The van der Waals surface area contributed by atoms with E-state index in [-0.39, 0.29) is 17.9 Å². The summed E-state index contributed by atoms with van der Waals surface area (Å²) in [6.45, 7) is 6.14. The highest BCUT2D eigenvalue weighted by Gasteiger charge is 2.32. The minimum atomic E-state index is -0.0920. The SMILES string of the molecule is O=C(NCC(C1CCOC1)N1CCOCC1)c1cccc(N2CCCC2=O)c1. The van der Waals surface area contributed by atoms with E-state index in [0.717, 1.165) is 64.6 Å². The Balaban J connectivity index is 1.41. The third-order valence-electron chi connectivity index (χ3n) is 5.99. The Morgan fingerprint density at radius 1 is 1.18 bits per heavy atom. The van der Waals surface area contributed by atoms with Crippen LogP contribution in [0.5, 0.6) is 0 Å². The van der Waals surface area contributed by atoms with Crippen molar-refractivity contribution in [3.63, 3.8) is 0 Å². The summed E-state index contributed by atoms with van der Waals surface area (Å²) in [6, 6.07) is 7.63. The fourth-order valence-corrected chi connectivity index (χ4v) is 4.39. The molecule has 0 saturated carbocycles. The Morgan fingerprint density at radius 3 is 2.75 bits per heavy atom. The van der Waals surface area contributed by atoms with Crippen LogP contribution in [0.1, 0.15) is 29.6 Å². The largest absolute Gasteiger partial charge is 0.381 e. The smallest absolute Gasteiger partial charge is 0.251 e. The minimum absolute atomic E-state index is 0.0920. The number of hydrogen-bond acceptors (Lipinski definition) is 5. The summed E-state index contributed by atoms with van der Waals surface area (Å²) in [7, 11) is 0. The van der Waals surface area contributed by atoms with Crippen molar-refractivity contribution in [1.29, 1.82) is 0 Å². The Kier molecular flexibility index (Phi) is 6.24. The quantitative estimate of drug-likeness (QED) is 0.796. The van der Waals surface area contributed by atoms with Crippen LogP contribution in [0.4, 0.5) is 5.69 Å². The molecule has 28 heavy (non-hydrogen) atoms. The molecule has 3 aliphatic heterocycles. The number of nitrogens with one attached hydrogen (secondary N) is 1. The normalized spacial score (nSPS) is 24.5. The number of carbonyl (C=O) groups excluding carboxylic acids is 2. The molecule has 1 aromatic rings. The first-order valence-electron chi connectivity index (χ1n) is 10.3. The summed E-state index contributed by atoms with van der Waals surface area (Å²) in [6.07, 6.45) is 2.49. The van der Waals surface area contributed by atoms with Gasteiger partial charge in [0.05, 0.1) is 19.8 Å². The molecule has 0 radical (unpaired) electrons. The first-order valence-corrected chi connectivity index (χ1v) is 10.3. The molecule has 2 atom stereocenters. The molecule has 2 unspecified atom stereocenters. The molecule has 7 heteroatoms. The molecule has 3 fully saturated rings. The molecular formula is C21H29N3O4. The van der Waals surface area contributed by atoms with Gasteiger partial charge in [-0.2, -0.15) is 0 Å². The van der Waals surface area contributed by atoms with Crippen molar-refractivity contribution < 1.29 is 19.1 Å². The van der Waals surface area contributed by atoms with Gasteiger partial charge in [0.2, 0.25) is 5.91 Å². The topological polar surface area (TPSA) is 71.1 Å². The molecule has 3 aliphatic rings. The van der Waals surface area contributed by atoms with E-state index in [1.165, 1.54) is 0 Å². The van der Waals surface area contributed by atoms with Crippen molar-refractivity contribution in [2.75, 3.05) is 57.5 Å². The second-order valence-corrected chi connectivity index (χ2v) is 7.75. The lowest BCUT2D eigenvalue weighted by Gasteiger charge is -2.37. The van der Waals surface area contributed by atoms with Gasteiger partial charge in [0.1, 0.15) is 0 Å². The van der Waals surface area contributed by atoms with E-state index in [1.807, 2.05) is 24.3 Å². The van der Waals surface area contributed by atoms with Gasteiger partial charge < -0.3 is 19.7 Å². The molecule has 1 aromatic carbocycles. The lowest BCUT2D eigenvalue weighted by atomic mass is 9.96. The van der Waals surface area contributed by atoms with E-state index in [9.17, 15) is 9.59 Å². The van der Waals surface area contributed by atoms with Crippen LogP contribution in [0.15, 0.2) is 24.3 Å². The fourth-order valence-electron chi connectivity index (χ4n) is 4.39. The number of benzene rings is 1. The van der Waals surface area contributed by atoms with E-state index in [4.69, 9.17) is 9.47 Å². The number of ether oxygens (including phenoxy) is 2. The van der Waals surface area contributed by atoms with E-state index in [2.05, 4.69) is 10.2 Å². The van der Waals surface area contributed by atoms with Crippen molar-refractivity contribution in [2.24, 2.45) is 5.92 Å². The number of morpholine rings is 1. The van der Waals surface area contributed by atoms with E-state index >= 15 is 0 Å². The molecule has 2 amide bonds. The highest BCUT2D eigenvalue weighted by molar-refractivity contribution is 5.99. The van der Waals surface area contributed by atoms with Crippen LogP contribution in [0.2, 0.25) is 0 Å². The van der Waals surface area contributed by atoms with Gasteiger partial charge >= 0.3 is 0 Å². The standard InChI is InChI=1S/C21H29N3O4/c25-20-5-2-7-24(20)18-4-1-3-16(13-18)21(26)22-14-19(17-6-10-28-15-17)23-8-11-27-12-9-23/h1,3-4,13,17,19H,2,5-12,14-15H2,(H,22,26). The van der Waals surface area contributed by atoms with E-state index in [0.29, 0.717) is 24.4 Å². The Morgan fingerprint density at radius 2 is 2.04 bits per heavy atom. The molecule has 7 nitrogen and oxygen atoms in total. The number of rotatable bonds is 6. The average Bonchev–Trinajstić information content (AvgIpc) is 3.41. The Bertz CT molecular complexity index is 699. The second kappa shape index (κ2) is 9.03. The van der Waals surface area contributed by atoms with Crippen molar-refractivity contribution in [1.82, 2.24) is 10.2 Å². The maximum Gasteiger partial charge on any atom is 0.251 e. The number of amides is 2. The van der Waals surface area contributed by atoms with Gasteiger partial charge in [-0.15, -0.1) is 0 Å². The Hall–Kier alpha value is -1.96. The average molecular weight is 387 g/mol. The van der Waals surface area contributed by atoms with Gasteiger partial charge in [-0.1, -0.05) is 6.07 Å². The molecular weight excluding hydrogens is 358 g/mol. The van der Waals surface area contributed by atoms with Crippen molar-refractivity contribution in [2.45, 2.75) is 25.3 Å². The summed E-state index contributed by atoms with van der Waals surface area (Å²) < 4.78 is 11.1. The number of carbonyl (C=O) groups is 2. The zero-order chi connectivity index (χ0) is 19.3. The van der Waals surface area contributed by atoms with Gasteiger partial charge in [0.25, 0.3) is 5.91 Å². The number of anilines is 1. The maximum absolute atomic E-state index is 12.8. The monoisotopic (exact) mass is 387 g/mol. The van der Waals surface area contributed by atoms with Crippen LogP contribution in [0, 0.1) is 5.92 Å². The molecule has 0 spiro atoms. The molecule has 4 rings (SSSR count). The van der Waals surface area contributed by atoms with Crippen LogP contribution in [-0.2, 0) is 14.3 Å². The van der Waals surface area contributed by atoms with E-state index in [1.54, 1.807) is 4.90 Å². The molecule has 1 N–H and O–H groups in total.